The minimum Gasteiger partial charge on any atom is -0.507 e. The molecule has 0 bridgehead atoms. The number of aryl methyl sites for hydroxylation is 1. The number of rotatable bonds is 7. The third-order valence-corrected chi connectivity index (χ3v) is 7.72. The van der Waals surface area contributed by atoms with Gasteiger partial charge in [0.25, 0.3) is 0 Å². The molecule has 0 unspecified atom stereocenters. The smallest absolute Gasteiger partial charge is 0.229 e. The van der Waals surface area contributed by atoms with Crippen LogP contribution in [0.5, 0.6) is 17.2 Å². The number of fused-ring (bicyclic) bond motifs is 2. The minimum atomic E-state index is -1.90. The predicted octanol–water partition coefficient (Wildman–Crippen LogP) is -2.51. The second kappa shape index (κ2) is 12.0. The van der Waals surface area contributed by atoms with Crippen molar-refractivity contribution >= 4 is 11.6 Å². The van der Waals surface area contributed by atoms with Crippen molar-refractivity contribution in [3.05, 3.63) is 52.1 Å². The first-order chi connectivity index (χ1) is 20.4. The number of methoxy groups -OCH3 is 1. The summed E-state index contributed by atoms with van der Waals surface area (Å²) in [5.74, 6) is -1.90. The average molecular weight is 609 g/mol. The van der Waals surface area contributed by atoms with E-state index in [4.69, 9.17) is 23.7 Å². The molecule has 234 valence electrons. The second-order valence-corrected chi connectivity index (χ2v) is 10.5. The molecule has 0 radical (unpaired) electrons. The summed E-state index contributed by atoms with van der Waals surface area (Å²) in [5.41, 5.74) is -0.149. The Balaban J connectivity index is 1.42. The van der Waals surface area contributed by atoms with Crippen molar-refractivity contribution in [1.29, 1.82) is 0 Å². The van der Waals surface area contributed by atoms with Crippen LogP contribution in [0.3, 0.4) is 0 Å². The first-order valence-corrected chi connectivity index (χ1v) is 13.3. The number of phenolic OH excluding ortho intramolecular Hbond substituents is 1. The van der Waals surface area contributed by atoms with Gasteiger partial charge < -0.3 is 64.5 Å². The first-order valence-electron chi connectivity index (χ1n) is 13.3. The van der Waals surface area contributed by atoms with Gasteiger partial charge in [-0.3, -0.25) is 9.59 Å². The number of aromatic hydroxyl groups is 1. The lowest BCUT2D eigenvalue weighted by Gasteiger charge is -2.46. The van der Waals surface area contributed by atoms with E-state index in [-0.39, 0.29) is 33.8 Å². The number of ketones is 2. The van der Waals surface area contributed by atoms with Gasteiger partial charge in [-0.05, 0) is 30.7 Å². The fourth-order valence-electron chi connectivity index (χ4n) is 5.44. The zero-order valence-corrected chi connectivity index (χ0v) is 22.9. The lowest BCUT2D eigenvalue weighted by molar-refractivity contribution is -0.352. The van der Waals surface area contributed by atoms with Gasteiger partial charge in [-0.1, -0.05) is 0 Å². The molecule has 0 saturated carbocycles. The quantitative estimate of drug-likeness (QED) is 0.138. The van der Waals surface area contributed by atoms with Crippen molar-refractivity contribution in [3.63, 3.8) is 0 Å². The molecule has 10 atom stereocenters. The van der Waals surface area contributed by atoms with Gasteiger partial charge in [0, 0.05) is 17.2 Å². The molecule has 2 fully saturated rings. The largest absolute Gasteiger partial charge is 0.507 e. The second-order valence-electron chi connectivity index (χ2n) is 10.5. The van der Waals surface area contributed by atoms with Crippen LogP contribution in [0.25, 0.3) is 0 Å². The number of aliphatic hydroxyl groups excluding tert-OH is 7. The van der Waals surface area contributed by atoms with Crippen LogP contribution >= 0.6 is 0 Å². The number of carbonyl (C=O) groups excluding carboxylic acids is 2. The van der Waals surface area contributed by atoms with Crippen LogP contribution in [0.4, 0.5) is 0 Å². The molecule has 0 aromatic heterocycles. The van der Waals surface area contributed by atoms with Crippen molar-refractivity contribution < 1.29 is 74.1 Å². The molecule has 1 aliphatic carbocycles. The van der Waals surface area contributed by atoms with Gasteiger partial charge in [0.2, 0.25) is 12.1 Å². The maximum Gasteiger partial charge on any atom is 0.229 e. The highest BCUT2D eigenvalue weighted by Gasteiger charge is 2.51. The van der Waals surface area contributed by atoms with Gasteiger partial charge in [0.1, 0.15) is 66.1 Å². The summed E-state index contributed by atoms with van der Waals surface area (Å²) in [6, 6.07) is 5.35. The fraction of sp³-hybridized carbons (Fsp3) is 0.500. The number of phenols is 1. The molecule has 5 rings (SSSR count). The zero-order valence-electron chi connectivity index (χ0n) is 22.9. The Morgan fingerprint density at radius 3 is 2.02 bits per heavy atom. The Labute approximate surface area is 244 Å². The van der Waals surface area contributed by atoms with E-state index in [1.165, 1.54) is 31.4 Å². The molecule has 0 spiro atoms. The van der Waals surface area contributed by atoms with Crippen molar-refractivity contribution in [2.24, 2.45) is 0 Å². The molecule has 2 aromatic rings. The molecule has 43 heavy (non-hydrogen) atoms. The van der Waals surface area contributed by atoms with Gasteiger partial charge in [0.15, 0.2) is 12.1 Å². The van der Waals surface area contributed by atoms with Gasteiger partial charge in [-0.2, -0.15) is 0 Å². The number of ether oxygens (including phenoxy) is 5. The van der Waals surface area contributed by atoms with E-state index in [1.54, 1.807) is 6.92 Å². The summed E-state index contributed by atoms with van der Waals surface area (Å²) >= 11 is 0. The molecule has 3 aliphatic rings. The minimum absolute atomic E-state index is 0.0477. The topological polar surface area (TPSA) is 242 Å². The molecule has 15 nitrogen and oxygen atoms in total. The lowest BCUT2D eigenvalue weighted by atomic mass is 9.82. The summed E-state index contributed by atoms with van der Waals surface area (Å²) in [7, 11) is 1.34. The van der Waals surface area contributed by atoms with E-state index < -0.39 is 91.9 Å². The maximum atomic E-state index is 13.6. The Bertz CT molecular complexity index is 1390. The third-order valence-electron chi connectivity index (χ3n) is 7.72. The summed E-state index contributed by atoms with van der Waals surface area (Å²) in [6.45, 7) is 0.0732. The van der Waals surface area contributed by atoms with E-state index in [9.17, 15) is 50.4 Å². The predicted molar refractivity (Wildman–Crippen MR) is 140 cm³/mol. The van der Waals surface area contributed by atoms with Crippen LogP contribution in [-0.2, 0) is 14.2 Å². The first kappa shape index (κ1) is 31.2. The standard InChI is InChI=1S/C28H32O15/c1-9-3-11-18(21(34)17-12(19(11)32)5-10(39-2)6-13(17)31)14(4-9)40-27-25(38)23(36)26(16(8-30)42-27)43-28-24(37)22(35)20(33)15(7-29)41-28/h3-6,15-16,20,22-31,33,35-38H,7-8H2,1-2H3/t15-,16-,20+,22+,23-,24-,25-,26+,27-,28+/m1/s1. The van der Waals surface area contributed by atoms with E-state index in [0.717, 1.165) is 0 Å². The van der Waals surface area contributed by atoms with Crippen LogP contribution in [0.15, 0.2) is 24.3 Å². The molecule has 2 aliphatic heterocycles. The Morgan fingerprint density at radius 1 is 0.744 bits per heavy atom. The van der Waals surface area contributed by atoms with Crippen molar-refractivity contribution in [3.8, 4) is 17.2 Å². The molecule has 2 heterocycles. The number of benzene rings is 2. The third kappa shape index (κ3) is 5.38. The van der Waals surface area contributed by atoms with E-state index in [2.05, 4.69) is 0 Å². The van der Waals surface area contributed by atoms with Crippen molar-refractivity contribution in [2.45, 2.75) is 68.3 Å². The van der Waals surface area contributed by atoms with E-state index >= 15 is 0 Å². The normalized spacial score (nSPS) is 34.0. The molecule has 0 amide bonds. The van der Waals surface area contributed by atoms with E-state index in [0.29, 0.717) is 5.56 Å². The van der Waals surface area contributed by atoms with Gasteiger partial charge in [0.05, 0.1) is 31.5 Å². The Morgan fingerprint density at radius 2 is 1.37 bits per heavy atom. The van der Waals surface area contributed by atoms with Crippen molar-refractivity contribution in [2.75, 3.05) is 20.3 Å². The summed E-state index contributed by atoms with van der Waals surface area (Å²) in [5, 5.41) is 82.2. The van der Waals surface area contributed by atoms with Gasteiger partial charge in [-0.25, -0.2) is 0 Å². The summed E-state index contributed by atoms with van der Waals surface area (Å²) < 4.78 is 27.4. The highest BCUT2D eigenvalue weighted by Crippen LogP contribution is 2.41. The number of carbonyl (C=O) groups is 2. The van der Waals surface area contributed by atoms with Crippen molar-refractivity contribution in [1.82, 2.24) is 0 Å². The van der Waals surface area contributed by atoms with Crippen LogP contribution in [0.2, 0.25) is 0 Å². The van der Waals surface area contributed by atoms with Crippen LogP contribution < -0.4 is 9.47 Å². The summed E-state index contributed by atoms with van der Waals surface area (Å²) in [6.07, 6.45) is -16.8. The molecule has 2 saturated heterocycles. The molecular weight excluding hydrogens is 576 g/mol. The van der Waals surface area contributed by atoms with Gasteiger partial charge >= 0.3 is 0 Å². The Hall–Kier alpha value is -3.22. The highest BCUT2D eigenvalue weighted by atomic mass is 16.7. The van der Waals surface area contributed by atoms with Crippen LogP contribution in [0.1, 0.15) is 37.4 Å². The monoisotopic (exact) mass is 608 g/mol. The average Bonchev–Trinajstić information content (AvgIpc) is 2.98. The lowest BCUT2D eigenvalue weighted by Crippen LogP contribution is -2.65. The highest BCUT2D eigenvalue weighted by molar-refractivity contribution is 6.30. The molecule has 15 heteroatoms. The number of aliphatic hydroxyl groups is 7. The zero-order chi connectivity index (χ0) is 31.3. The number of hydrogen-bond acceptors (Lipinski definition) is 15. The summed E-state index contributed by atoms with van der Waals surface area (Å²) in [4.78, 5) is 27.0. The fourth-order valence-corrected chi connectivity index (χ4v) is 5.44. The van der Waals surface area contributed by atoms with Gasteiger partial charge in [-0.15, -0.1) is 0 Å². The number of hydrogen-bond donors (Lipinski definition) is 8. The SMILES string of the molecule is COc1cc(O)c2c(c1)C(=O)c1cc(C)cc(O[C@@H]3O[C@H](CO)[C@H](O[C@@H]4O[C@H](CO)[C@H](O)[C@H](O)[C@H]4O)[C@H](O)[C@H]3O)c1C2=O. The molecule has 2 aromatic carbocycles. The maximum absolute atomic E-state index is 13.6. The molecular formula is C28H32O15. The Kier molecular flexibility index (Phi) is 8.75. The van der Waals surface area contributed by atoms with Crippen LogP contribution in [-0.4, -0.2) is 134 Å². The van der Waals surface area contributed by atoms with Crippen LogP contribution in [0, 0.1) is 6.92 Å². The van der Waals surface area contributed by atoms with E-state index in [1.807, 2.05) is 0 Å². The molecule has 8 N–H and O–H groups in total.